The molecule has 1 radical (unpaired) electrons. The molecular weight excluding hydrogens is 219 g/mol. The fourth-order valence-corrected chi connectivity index (χ4v) is 1.26. The molecule has 0 saturated heterocycles. The Morgan fingerprint density at radius 1 is 1.58 bits per heavy atom. The van der Waals surface area contributed by atoms with Crippen LogP contribution in [0, 0.1) is 13.8 Å². The zero-order valence-electron chi connectivity index (χ0n) is 6.98. The largest absolute Gasteiger partial charge is 0.250 e. The molecule has 1 aromatic carbocycles. The molecule has 12 heavy (non-hydrogen) atoms. The van der Waals surface area contributed by atoms with Gasteiger partial charge in [-0.3, -0.25) is 4.39 Å². The Morgan fingerprint density at radius 3 is 2.75 bits per heavy atom. The van der Waals surface area contributed by atoms with Gasteiger partial charge in [0.05, 0.1) is 6.67 Å². The highest BCUT2D eigenvalue weighted by Crippen LogP contribution is 2.22. The highest BCUT2D eigenvalue weighted by Gasteiger charge is 2.05. The Bertz CT molecular complexity index is 271. The van der Waals surface area contributed by atoms with E-state index in [-0.39, 0.29) is 5.92 Å². The standard InChI is InChI=1S/C10H11BrF/c1-7-5-9(8(2)6-12)3-4-10(7)11/h3-5,8H,2,6H2,1H3. The summed E-state index contributed by atoms with van der Waals surface area (Å²) in [5.41, 5.74) is 2.08. The van der Waals surface area contributed by atoms with Gasteiger partial charge in [0.2, 0.25) is 0 Å². The zero-order chi connectivity index (χ0) is 9.14. The molecule has 65 valence electrons. The van der Waals surface area contributed by atoms with Gasteiger partial charge in [0.1, 0.15) is 0 Å². The smallest absolute Gasteiger partial charge is 0.0962 e. The highest BCUT2D eigenvalue weighted by atomic mass is 79.9. The quantitative estimate of drug-likeness (QED) is 0.727. The van der Waals surface area contributed by atoms with E-state index in [4.69, 9.17) is 0 Å². The minimum Gasteiger partial charge on any atom is -0.250 e. The molecular formula is C10H11BrF. The summed E-state index contributed by atoms with van der Waals surface area (Å²) in [5.74, 6) is -0.239. The maximum absolute atomic E-state index is 12.2. The highest BCUT2D eigenvalue weighted by molar-refractivity contribution is 9.10. The summed E-state index contributed by atoms with van der Waals surface area (Å²) in [6.07, 6.45) is 0. The van der Waals surface area contributed by atoms with Crippen molar-refractivity contribution in [1.82, 2.24) is 0 Å². The fraction of sp³-hybridized carbons (Fsp3) is 0.300. The minimum atomic E-state index is -0.402. The first kappa shape index (κ1) is 9.72. The molecule has 0 heterocycles. The number of benzene rings is 1. The van der Waals surface area contributed by atoms with Crippen molar-refractivity contribution in [3.05, 3.63) is 40.7 Å². The van der Waals surface area contributed by atoms with Crippen LogP contribution < -0.4 is 0 Å². The average molecular weight is 230 g/mol. The topological polar surface area (TPSA) is 0 Å². The van der Waals surface area contributed by atoms with Crippen LogP contribution >= 0.6 is 15.9 Å². The third-order valence-corrected chi connectivity index (χ3v) is 2.73. The molecule has 0 bridgehead atoms. The Labute approximate surface area is 80.9 Å². The molecule has 0 saturated carbocycles. The molecule has 0 aromatic heterocycles. The van der Waals surface area contributed by atoms with E-state index in [1.165, 1.54) is 0 Å². The van der Waals surface area contributed by atoms with E-state index < -0.39 is 6.67 Å². The third-order valence-electron chi connectivity index (χ3n) is 1.84. The van der Waals surface area contributed by atoms with Crippen LogP contribution in [0.5, 0.6) is 0 Å². The lowest BCUT2D eigenvalue weighted by Gasteiger charge is -2.08. The van der Waals surface area contributed by atoms with Crippen LogP contribution in [0.1, 0.15) is 17.0 Å². The maximum Gasteiger partial charge on any atom is 0.0962 e. The van der Waals surface area contributed by atoms with Gasteiger partial charge in [0.25, 0.3) is 0 Å². The fourth-order valence-electron chi connectivity index (χ4n) is 1.01. The molecule has 0 amide bonds. The van der Waals surface area contributed by atoms with E-state index in [1.54, 1.807) is 0 Å². The van der Waals surface area contributed by atoms with Gasteiger partial charge in [-0.15, -0.1) is 0 Å². The Morgan fingerprint density at radius 2 is 2.25 bits per heavy atom. The lowest BCUT2D eigenvalue weighted by Crippen LogP contribution is -1.95. The van der Waals surface area contributed by atoms with Crippen molar-refractivity contribution in [2.45, 2.75) is 12.8 Å². The molecule has 0 aliphatic heterocycles. The number of rotatable bonds is 2. The van der Waals surface area contributed by atoms with E-state index in [0.29, 0.717) is 0 Å². The summed E-state index contributed by atoms with van der Waals surface area (Å²) < 4.78 is 13.3. The van der Waals surface area contributed by atoms with Crippen LogP contribution in [0.25, 0.3) is 0 Å². The van der Waals surface area contributed by atoms with Gasteiger partial charge in [-0.1, -0.05) is 28.1 Å². The molecule has 0 N–H and O–H groups in total. The van der Waals surface area contributed by atoms with Crippen molar-refractivity contribution < 1.29 is 4.39 Å². The molecule has 2 heteroatoms. The summed E-state index contributed by atoms with van der Waals surface area (Å²) in [6, 6.07) is 5.79. The minimum absolute atomic E-state index is 0.239. The van der Waals surface area contributed by atoms with Crippen LogP contribution in [0.3, 0.4) is 0 Å². The lowest BCUT2D eigenvalue weighted by molar-refractivity contribution is 0.465. The Hall–Kier alpha value is -0.370. The van der Waals surface area contributed by atoms with Crippen LogP contribution in [0.4, 0.5) is 4.39 Å². The first-order valence-corrected chi connectivity index (χ1v) is 4.59. The van der Waals surface area contributed by atoms with E-state index >= 15 is 0 Å². The molecule has 1 unspecified atom stereocenters. The molecule has 1 rings (SSSR count). The van der Waals surface area contributed by atoms with E-state index in [2.05, 4.69) is 22.9 Å². The second-order valence-electron chi connectivity index (χ2n) is 2.86. The number of alkyl halides is 1. The first-order valence-electron chi connectivity index (χ1n) is 3.80. The first-order chi connectivity index (χ1) is 5.65. The van der Waals surface area contributed by atoms with Gasteiger partial charge in [-0.25, -0.2) is 0 Å². The van der Waals surface area contributed by atoms with Crippen molar-refractivity contribution in [2.24, 2.45) is 0 Å². The Kier molecular flexibility index (Phi) is 3.27. The van der Waals surface area contributed by atoms with Gasteiger partial charge in [-0.2, -0.15) is 0 Å². The van der Waals surface area contributed by atoms with Crippen molar-refractivity contribution in [1.29, 1.82) is 0 Å². The van der Waals surface area contributed by atoms with Crippen LogP contribution in [0.15, 0.2) is 22.7 Å². The SMILES string of the molecule is [CH2]C(CF)c1ccc(Br)c(C)c1. The summed E-state index contributed by atoms with van der Waals surface area (Å²) in [6.45, 7) is 5.29. The predicted octanol–water partition coefficient (Wildman–Crippen LogP) is 3.64. The molecule has 1 aromatic rings. The van der Waals surface area contributed by atoms with Crippen molar-refractivity contribution in [3.63, 3.8) is 0 Å². The number of hydrogen-bond acceptors (Lipinski definition) is 0. The van der Waals surface area contributed by atoms with Crippen molar-refractivity contribution >= 4 is 15.9 Å². The summed E-state index contributed by atoms with van der Waals surface area (Å²) >= 11 is 3.39. The second-order valence-corrected chi connectivity index (χ2v) is 3.71. The van der Waals surface area contributed by atoms with E-state index in [1.807, 2.05) is 25.1 Å². The summed E-state index contributed by atoms with van der Waals surface area (Å²) in [4.78, 5) is 0. The van der Waals surface area contributed by atoms with Crippen molar-refractivity contribution in [3.8, 4) is 0 Å². The predicted molar refractivity (Wildman–Crippen MR) is 53.0 cm³/mol. The molecule has 0 aliphatic carbocycles. The monoisotopic (exact) mass is 229 g/mol. The van der Waals surface area contributed by atoms with Gasteiger partial charge in [-0.05, 0) is 31.0 Å². The molecule has 0 aliphatic rings. The molecule has 1 atom stereocenters. The lowest BCUT2D eigenvalue weighted by atomic mass is 10.0. The van der Waals surface area contributed by atoms with Crippen LogP contribution in [0.2, 0.25) is 0 Å². The summed E-state index contributed by atoms with van der Waals surface area (Å²) in [7, 11) is 0. The van der Waals surface area contributed by atoms with Crippen molar-refractivity contribution in [2.75, 3.05) is 6.67 Å². The van der Waals surface area contributed by atoms with Gasteiger partial charge >= 0.3 is 0 Å². The Balaban J connectivity index is 2.96. The zero-order valence-corrected chi connectivity index (χ0v) is 8.57. The van der Waals surface area contributed by atoms with Crippen LogP contribution in [-0.2, 0) is 0 Å². The number of hydrogen-bond donors (Lipinski definition) is 0. The normalized spacial score (nSPS) is 13.0. The van der Waals surface area contributed by atoms with Crippen LogP contribution in [-0.4, -0.2) is 6.67 Å². The van der Waals surface area contributed by atoms with Gasteiger partial charge < -0.3 is 0 Å². The average Bonchev–Trinajstić information content (AvgIpc) is 2.08. The molecule has 0 nitrogen and oxygen atoms in total. The van der Waals surface area contributed by atoms with E-state index in [0.717, 1.165) is 15.6 Å². The van der Waals surface area contributed by atoms with E-state index in [9.17, 15) is 4.39 Å². The molecule has 0 spiro atoms. The summed E-state index contributed by atoms with van der Waals surface area (Å²) in [5, 5.41) is 0. The van der Waals surface area contributed by atoms with Gasteiger partial charge in [0.15, 0.2) is 0 Å². The van der Waals surface area contributed by atoms with Gasteiger partial charge in [0, 0.05) is 10.4 Å². The third kappa shape index (κ3) is 2.07. The second kappa shape index (κ2) is 4.04. The number of aryl methyl sites for hydroxylation is 1. The maximum atomic E-state index is 12.2. The molecule has 0 fully saturated rings. The number of halogens is 2.